The summed E-state index contributed by atoms with van der Waals surface area (Å²) in [6.07, 6.45) is 2.00. The van der Waals surface area contributed by atoms with Crippen molar-refractivity contribution in [1.82, 2.24) is 10.2 Å². The molecule has 0 saturated carbocycles. The molecule has 1 aromatic carbocycles. The van der Waals surface area contributed by atoms with Crippen molar-refractivity contribution in [2.75, 3.05) is 33.8 Å². The third-order valence-corrected chi connectivity index (χ3v) is 3.79. The molecule has 0 bridgehead atoms. The number of nitrogens with one attached hydrogen (secondary N) is 1. The first-order valence-corrected chi connectivity index (χ1v) is 7.40. The molecule has 1 aliphatic rings. The number of ether oxygens (including phenoxy) is 2. The van der Waals surface area contributed by atoms with E-state index in [1.165, 1.54) is 0 Å². The summed E-state index contributed by atoms with van der Waals surface area (Å²) in [5.41, 5.74) is 1.06. The highest BCUT2D eigenvalue weighted by Crippen LogP contribution is 2.21. The van der Waals surface area contributed by atoms with E-state index in [0.29, 0.717) is 13.2 Å². The van der Waals surface area contributed by atoms with Gasteiger partial charge in [0.2, 0.25) is 5.91 Å². The minimum atomic E-state index is 0. The number of halogens is 1. The lowest BCUT2D eigenvalue weighted by atomic mass is 10.1. The molecule has 0 atom stereocenters. The van der Waals surface area contributed by atoms with Gasteiger partial charge in [-0.05, 0) is 26.0 Å². The average Bonchev–Trinajstić information content (AvgIpc) is 2.54. The smallest absolute Gasteiger partial charge is 0.236 e. The Kier molecular flexibility index (Phi) is 8.24. The Balaban J connectivity index is 0.00000242. The number of carbonyl (C=O) groups excluding carboxylic acids is 1. The Morgan fingerprint density at radius 3 is 2.64 bits per heavy atom. The minimum absolute atomic E-state index is 0. The van der Waals surface area contributed by atoms with Gasteiger partial charge in [-0.15, -0.1) is 12.4 Å². The van der Waals surface area contributed by atoms with E-state index in [1.54, 1.807) is 14.2 Å². The van der Waals surface area contributed by atoms with Crippen molar-refractivity contribution in [2.24, 2.45) is 0 Å². The summed E-state index contributed by atoms with van der Waals surface area (Å²) < 4.78 is 11.3. The summed E-state index contributed by atoms with van der Waals surface area (Å²) >= 11 is 0. The summed E-state index contributed by atoms with van der Waals surface area (Å²) in [5, 5.41) is 2.90. The van der Waals surface area contributed by atoms with Crippen LogP contribution in [0.15, 0.2) is 24.3 Å². The number of amides is 1. The number of hydrogen-bond donors (Lipinski definition) is 1. The van der Waals surface area contributed by atoms with E-state index in [9.17, 15) is 4.79 Å². The summed E-state index contributed by atoms with van der Waals surface area (Å²) in [5.74, 6) is 1.03. The SMILES string of the molecule is CNCC(=O)N1CCC(OCc2ccccc2OC)CC1.Cl. The van der Waals surface area contributed by atoms with E-state index in [2.05, 4.69) is 5.32 Å². The Bertz CT molecular complexity index is 462. The first-order chi connectivity index (χ1) is 10.2. The molecule has 1 N–H and O–H groups in total. The van der Waals surface area contributed by atoms with Crippen molar-refractivity contribution < 1.29 is 14.3 Å². The zero-order valence-corrected chi connectivity index (χ0v) is 14.0. The summed E-state index contributed by atoms with van der Waals surface area (Å²) in [6, 6.07) is 7.90. The van der Waals surface area contributed by atoms with E-state index in [-0.39, 0.29) is 24.4 Å². The van der Waals surface area contributed by atoms with Crippen LogP contribution < -0.4 is 10.1 Å². The van der Waals surface area contributed by atoms with Gasteiger partial charge in [0.1, 0.15) is 5.75 Å². The molecular formula is C16H25ClN2O3. The number of likely N-dealkylation sites (tertiary alicyclic amines) is 1. The minimum Gasteiger partial charge on any atom is -0.496 e. The van der Waals surface area contributed by atoms with Crippen molar-refractivity contribution in [2.45, 2.75) is 25.6 Å². The first kappa shape index (κ1) is 18.7. The zero-order chi connectivity index (χ0) is 15.1. The summed E-state index contributed by atoms with van der Waals surface area (Å²) in [6.45, 7) is 2.51. The maximum absolute atomic E-state index is 11.8. The molecule has 5 nitrogen and oxygen atoms in total. The van der Waals surface area contributed by atoms with Crippen molar-refractivity contribution >= 4 is 18.3 Å². The molecule has 0 aliphatic carbocycles. The van der Waals surface area contributed by atoms with Gasteiger partial charge in [-0.1, -0.05) is 18.2 Å². The summed E-state index contributed by atoms with van der Waals surface area (Å²) in [7, 11) is 3.46. The van der Waals surface area contributed by atoms with Gasteiger partial charge in [0, 0.05) is 18.7 Å². The first-order valence-electron chi connectivity index (χ1n) is 7.40. The molecular weight excluding hydrogens is 304 g/mol. The van der Waals surface area contributed by atoms with E-state index >= 15 is 0 Å². The Morgan fingerprint density at radius 2 is 2.00 bits per heavy atom. The number of para-hydroxylation sites is 1. The normalized spacial score (nSPS) is 15.3. The van der Waals surface area contributed by atoms with Crippen LogP contribution in [0, 0.1) is 0 Å². The lowest BCUT2D eigenvalue weighted by Crippen LogP contribution is -2.44. The highest BCUT2D eigenvalue weighted by molar-refractivity contribution is 5.85. The van der Waals surface area contributed by atoms with Crippen LogP contribution in [0.2, 0.25) is 0 Å². The number of piperidine rings is 1. The fourth-order valence-electron chi connectivity index (χ4n) is 2.56. The Hall–Kier alpha value is -1.30. The van der Waals surface area contributed by atoms with Crippen LogP contribution in [0.5, 0.6) is 5.75 Å². The second kappa shape index (κ2) is 9.66. The summed E-state index contributed by atoms with van der Waals surface area (Å²) in [4.78, 5) is 13.7. The number of hydrogen-bond acceptors (Lipinski definition) is 4. The lowest BCUT2D eigenvalue weighted by Gasteiger charge is -2.32. The van der Waals surface area contributed by atoms with Crippen LogP contribution in [0.3, 0.4) is 0 Å². The van der Waals surface area contributed by atoms with Crippen molar-refractivity contribution in [3.63, 3.8) is 0 Å². The third-order valence-electron chi connectivity index (χ3n) is 3.79. The molecule has 0 unspecified atom stereocenters. The third kappa shape index (κ3) is 5.16. The molecule has 1 fully saturated rings. The quantitative estimate of drug-likeness (QED) is 0.866. The molecule has 1 amide bonds. The van der Waals surface area contributed by atoms with Gasteiger partial charge in [-0.2, -0.15) is 0 Å². The molecule has 1 aromatic rings. The molecule has 1 saturated heterocycles. The van der Waals surface area contributed by atoms with Crippen LogP contribution in [0.25, 0.3) is 0 Å². The monoisotopic (exact) mass is 328 g/mol. The highest BCUT2D eigenvalue weighted by Gasteiger charge is 2.22. The molecule has 1 aliphatic heterocycles. The van der Waals surface area contributed by atoms with Gasteiger partial charge in [-0.3, -0.25) is 4.79 Å². The van der Waals surface area contributed by atoms with E-state index in [1.807, 2.05) is 29.2 Å². The Morgan fingerprint density at radius 1 is 1.32 bits per heavy atom. The van der Waals surface area contributed by atoms with Crippen LogP contribution in [0.4, 0.5) is 0 Å². The number of benzene rings is 1. The van der Waals surface area contributed by atoms with Crippen molar-refractivity contribution in [1.29, 1.82) is 0 Å². The molecule has 0 spiro atoms. The van der Waals surface area contributed by atoms with E-state index < -0.39 is 0 Å². The van der Waals surface area contributed by atoms with Crippen LogP contribution in [-0.4, -0.2) is 50.7 Å². The van der Waals surface area contributed by atoms with Gasteiger partial charge in [0.15, 0.2) is 0 Å². The number of carbonyl (C=O) groups is 1. The second-order valence-corrected chi connectivity index (χ2v) is 5.23. The molecule has 0 aromatic heterocycles. The highest BCUT2D eigenvalue weighted by atomic mass is 35.5. The fourth-order valence-corrected chi connectivity index (χ4v) is 2.56. The standard InChI is InChI=1S/C16H24N2O3.ClH/c1-17-11-16(19)18-9-7-14(8-10-18)21-12-13-5-3-4-6-15(13)20-2;/h3-6,14,17H,7-12H2,1-2H3;1H. The van der Waals surface area contributed by atoms with Gasteiger partial charge >= 0.3 is 0 Å². The predicted octanol–water partition coefficient (Wildman–Crippen LogP) is 1.84. The molecule has 0 radical (unpaired) electrons. The van der Waals surface area contributed by atoms with E-state index in [0.717, 1.165) is 37.2 Å². The topological polar surface area (TPSA) is 50.8 Å². The van der Waals surface area contributed by atoms with Gasteiger partial charge in [0.05, 0.1) is 26.4 Å². The number of methoxy groups -OCH3 is 1. The largest absolute Gasteiger partial charge is 0.496 e. The lowest BCUT2D eigenvalue weighted by molar-refractivity contribution is -0.132. The maximum Gasteiger partial charge on any atom is 0.236 e. The number of rotatable bonds is 6. The van der Waals surface area contributed by atoms with Crippen molar-refractivity contribution in [3.8, 4) is 5.75 Å². The Labute approximate surface area is 138 Å². The second-order valence-electron chi connectivity index (χ2n) is 5.23. The predicted molar refractivity (Wildman–Crippen MR) is 88.6 cm³/mol. The zero-order valence-electron chi connectivity index (χ0n) is 13.2. The molecule has 2 rings (SSSR count). The van der Waals surface area contributed by atoms with Gasteiger partial charge in [0.25, 0.3) is 0 Å². The van der Waals surface area contributed by atoms with Crippen LogP contribution >= 0.6 is 12.4 Å². The molecule has 22 heavy (non-hydrogen) atoms. The van der Waals surface area contributed by atoms with Crippen molar-refractivity contribution in [3.05, 3.63) is 29.8 Å². The average molecular weight is 329 g/mol. The fraction of sp³-hybridized carbons (Fsp3) is 0.562. The van der Waals surface area contributed by atoms with Gasteiger partial charge in [-0.25, -0.2) is 0 Å². The molecule has 124 valence electrons. The maximum atomic E-state index is 11.8. The van der Waals surface area contributed by atoms with E-state index in [4.69, 9.17) is 9.47 Å². The van der Waals surface area contributed by atoms with Gasteiger partial charge < -0.3 is 19.7 Å². The van der Waals surface area contributed by atoms with Crippen LogP contribution in [-0.2, 0) is 16.1 Å². The molecule has 1 heterocycles. The number of nitrogens with zero attached hydrogens (tertiary/aromatic N) is 1. The molecule has 6 heteroatoms. The number of likely N-dealkylation sites (N-methyl/N-ethyl adjacent to an activating group) is 1. The van der Waals surface area contributed by atoms with Crippen LogP contribution in [0.1, 0.15) is 18.4 Å².